The van der Waals surface area contributed by atoms with E-state index >= 15 is 0 Å². The van der Waals surface area contributed by atoms with Crippen LogP contribution < -0.4 is 4.74 Å². The largest absolute Gasteiger partial charge is 0.497 e. The molecule has 3 aliphatic rings. The molecule has 2 aromatic carbocycles. The quantitative estimate of drug-likeness (QED) is 0.601. The van der Waals surface area contributed by atoms with E-state index in [1.807, 2.05) is 24.3 Å². The lowest BCUT2D eigenvalue weighted by atomic mass is 9.77. The first-order chi connectivity index (χ1) is 16.0. The minimum atomic E-state index is -0.809. The summed E-state index contributed by atoms with van der Waals surface area (Å²) in [6, 6.07) is 13.1. The van der Waals surface area contributed by atoms with Crippen LogP contribution in [0.15, 0.2) is 59.9 Å². The molecule has 5 nitrogen and oxygen atoms in total. The van der Waals surface area contributed by atoms with Crippen molar-refractivity contribution >= 4 is 23.3 Å². The lowest BCUT2D eigenvalue weighted by Gasteiger charge is -2.37. The van der Waals surface area contributed by atoms with Gasteiger partial charge in [0.05, 0.1) is 24.6 Å². The van der Waals surface area contributed by atoms with E-state index < -0.39 is 17.8 Å². The van der Waals surface area contributed by atoms with Crippen molar-refractivity contribution in [3.05, 3.63) is 76.8 Å². The number of fused-ring (bicyclic) bond motifs is 1. The molecule has 33 heavy (non-hydrogen) atoms. The lowest BCUT2D eigenvalue weighted by molar-refractivity contribution is -0.135. The summed E-state index contributed by atoms with van der Waals surface area (Å²) in [6.45, 7) is 0.321. The minimum Gasteiger partial charge on any atom is -0.497 e. The lowest BCUT2D eigenvalue weighted by Crippen LogP contribution is -2.42. The van der Waals surface area contributed by atoms with Crippen molar-refractivity contribution in [3.8, 4) is 5.75 Å². The summed E-state index contributed by atoms with van der Waals surface area (Å²) in [5.41, 5.74) is 1.58. The Morgan fingerprint density at radius 1 is 1.12 bits per heavy atom. The Kier molecular flexibility index (Phi) is 5.87. The zero-order chi connectivity index (χ0) is 23.1. The number of methoxy groups -OCH3 is 1. The predicted octanol–water partition coefficient (Wildman–Crippen LogP) is 4.59. The van der Waals surface area contributed by atoms with Crippen LogP contribution in [0.5, 0.6) is 5.75 Å². The number of ketones is 1. The highest BCUT2D eigenvalue weighted by molar-refractivity contribution is 6.21. The number of benzene rings is 2. The number of ether oxygens (including phenoxy) is 2. The van der Waals surface area contributed by atoms with E-state index in [0.717, 1.165) is 17.7 Å². The molecule has 172 valence electrons. The third-order valence-electron chi connectivity index (χ3n) is 6.88. The average molecular weight is 470 g/mol. The molecule has 0 aromatic heterocycles. The third-order valence-corrected chi connectivity index (χ3v) is 7.28. The van der Waals surface area contributed by atoms with E-state index in [1.165, 1.54) is 6.07 Å². The summed E-state index contributed by atoms with van der Waals surface area (Å²) in [6.07, 6.45) is 2.08. The Labute approximate surface area is 197 Å². The second-order valence-corrected chi connectivity index (χ2v) is 9.42. The molecule has 0 spiro atoms. The normalized spacial score (nSPS) is 26.7. The van der Waals surface area contributed by atoms with Crippen LogP contribution in [0.25, 0.3) is 0 Å². The molecule has 0 radical (unpaired) electrons. The smallest absolute Gasteiger partial charge is 0.290 e. The number of carbonyl (C=O) groups is 2. The van der Waals surface area contributed by atoms with Crippen LogP contribution in [0.2, 0.25) is 0 Å². The van der Waals surface area contributed by atoms with E-state index in [4.69, 9.17) is 21.1 Å². The van der Waals surface area contributed by atoms with Gasteiger partial charge in [0.1, 0.15) is 17.7 Å². The Morgan fingerprint density at radius 2 is 1.88 bits per heavy atom. The van der Waals surface area contributed by atoms with E-state index in [2.05, 4.69) is 0 Å². The summed E-state index contributed by atoms with van der Waals surface area (Å²) in [5.74, 6) is -0.517. The second kappa shape index (κ2) is 8.82. The fraction of sp³-hybridized carbons (Fsp3) is 0.385. The molecular formula is C26H25ClFNO4. The SMILES string of the molecule is COc1ccc(CCN2C(=O)C3=C(C(=O)C4CC(Cl)CCC4O3)C2c2ccccc2F)cc1. The molecule has 1 saturated carbocycles. The van der Waals surface area contributed by atoms with Gasteiger partial charge in [-0.1, -0.05) is 30.3 Å². The van der Waals surface area contributed by atoms with Gasteiger partial charge in [0, 0.05) is 17.5 Å². The van der Waals surface area contributed by atoms with Crippen LogP contribution in [-0.2, 0) is 20.7 Å². The van der Waals surface area contributed by atoms with Gasteiger partial charge in [-0.05, 0) is 49.4 Å². The van der Waals surface area contributed by atoms with Gasteiger partial charge in [-0.2, -0.15) is 0 Å². The minimum absolute atomic E-state index is 0.0808. The van der Waals surface area contributed by atoms with Gasteiger partial charge in [0.15, 0.2) is 11.5 Å². The van der Waals surface area contributed by atoms with Crippen LogP contribution in [0, 0.1) is 11.7 Å². The number of carbonyl (C=O) groups excluding carboxylic acids is 2. The van der Waals surface area contributed by atoms with Crippen molar-refractivity contribution in [2.45, 2.75) is 43.2 Å². The summed E-state index contributed by atoms with van der Waals surface area (Å²) in [5, 5.41) is -0.101. The van der Waals surface area contributed by atoms with Crippen molar-refractivity contribution in [1.29, 1.82) is 0 Å². The molecule has 2 aromatic rings. The van der Waals surface area contributed by atoms with Gasteiger partial charge >= 0.3 is 0 Å². The van der Waals surface area contributed by atoms with Gasteiger partial charge in [-0.15, -0.1) is 11.6 Å². The van der Waals surface area contributed by atoms with Crippen LogP contribution in [0.3, 0.4) is 0 Å². The standard InChI is InChI=1S/C26H25ClFNO4/c1-32-17-9-6-15(7-10-17)12-13-29-23(18-4-2-3-5-20(18)28)22-24(30)19-14-16(27)8-11-21(19)33-25(22)26(29)31/h2-7,9-10,16,19,21,23H,8,11-14H2,1H3. The Bertz CT molecular complexity index is 1120. The molecule has 1 fully saturated rings. The highest BCUT2D eigenvalue weighted by atomic mass is 35.5. The zero-order valence-corrected chi connectivity index (χ0v) is 19.1. The van der Waals surface area contributed by atoms with E-state index in [1.54, 1.807) is 30.2 Å². The number of nitrogens with zero attached hydrogens (tertiary/aromatic N) is 1. The molecule has 7 heteroatoms. The molecular weight excluding hydrogens is 445 g/mol. The van der Waals surface area contributed by atoms with E-state index in [-0.39, 0.29) is 34.5 Å². The fourth-order valence-corrected chi connectivity index (χ4v) is 5.47. The highest BCUT2D eigenvalue weighted by Crippen LogP contribution is 2.47. The molecule has 1 amide bonds. The topological polar surface area (TPSA) is 55.8 Å². The molecule has 2 aliphatic heterocycles. The molecule has 0 N–H and O–H groups in total. The summed E-state index contributed by atoms with van der Waals surface area (Å²) in [7, 11) is 1.61. The monoisotopic (exact) mass is 469 g/mol. The van der Waals surface area contributed by atoms with Gasteiger partial charge in [0.2, 0.25) is 0 Å². The predicted molar refractivity (Wildman–Crippen MR) is 121 cm³/mol. The maximum absolute atomic E-state index is 14.9. The molecule has 5 rings (SSSR count). The van der Waals surface area contributed by atoms with Crippen LogP contribution in [0.1, 0.15) is 36.4 Å². The summed E-state index contributed by atoms with van der Waals surface area (Å²) in [4.78, 5) is 28.6. The average Bonchev–Trinajstić information content (AvgIpc) is 3.10. The van der Waals surface area contributed by atoms with Crippen LogP contribution in [0.4, 0.5) is 4.39 Å². The molecule has 0 saturated heterocycles. The molecule has 0 bridgehead atoms. The van der Waals surface area contributed by atoms with Crippen molar-refractivity contribution in [2.24, 2.45) is 5.92 Å². The fourth-order valence-electron chi connectivity index (χ4n) is 5.16. The van der Waals surface area contributed by atoms with Crippen molar-refractivity contribution in [1.82, 2.24) is 4.90 Å². The Balaban J connectivity index is 1.49. The maximum atomic E-state index is 14.9. The molecule has 4 unspecified atom stereocenters. The number of amides is 1. The number of hydrogen-bond donors (Lipinski definition) is 0. The van der Waals surface area contributed by atoms with Crippen molar-refractivity contribution < 1.29 is 23.5 Å². The van der Waals surface area contributed by atoms with E-state index in [0.29, 0.717) is 31.4 Å². The van der Waals surface area contributed by atoms with E-state index in [9.17, 15) is 14.0 Å². The summed E-state index contributed by atoms with van der Waals surface area (Å²) < 4.78 is 26.2. The van der Waals surface area contributed by atoms with Crippen LogP contribution in [-0.4, -0.2) is 41.7 Å². The van der Waals surface area contributed by atoms with Crippen molar-refractivity contribution in [3.63, 3.8) is 0 Å². The van der Waals surface area contributed by atoms with Gasteiger partial charge < -0.3 is 14.4 Å². The Hall–Kier alpha value is -2.86. The zero-order valence-electron chi connectivity index (χ0n) is 18.3. The van der Waals surface area contributed by atoms with Crippen LogP contribution >= 0.6 is 11.6 Å². The highest BCUT2D eigenvalue weighted by Gasteiger charge is 2.53. The molecule has 4 atom stereocenters. The Morgan fingerprint density at radius 3 is 2.61 bits per heavy atom. The number of alkyl halides is 1. The molecule has 1 aliphatic carbocycles. The van der Waals surface area contributed by atoms with Crippen molar-refractivity contribution in [2.75, 3.05) is 13.7 Å². The molecule has 2 heterocycles. The first-order valence-corrected chi connectivity index (χ1v) is 11.7. The number of rotatable bonds is 5. The van der Waals surface area contributed by atoms with Gasteiger partial charge in [-0.25, -0.2) is 4.39 Å². The number of halogens is 2. The maximum Gasteiger partial charge on any atom is 0.290 e. The van der Waals surface area contributed by atoms with Gasteiger partial charge in [-0.3, -0.25) is 9.59 Å². The second-order valence-electron chi connectivity index (χ2n) is 8.80. The first kappa shape index (κ1) is 22.0. The van der Waals surface area contributed by atoms with Gasteiger partial charge in [0.25, 0.3) is 5.91 Å². The number of Topliss-reactive ketones (excluding diaryl/α,β-unsaturated/α-hetero) is 1. The first-order valence-electron chi connectivity index (χ1n) is 11.3. The number of hydrogen-bond acceptors (Lipinski definition) is 4. The third kappa shape index (κ3) is 3.90. The summed E-state index contributed by atoms with van der Waals surface area (Å²) >= 11 is 6.35.